The van der Waals surface area contributed by atoms with E-state index in [-0.39, 0.29) is 47.4 Å². The average Bonchev–Trinajstić information content (AvgIpc) is 3.63. The number of para-hydroxylation sites is 1. The second-order valence-electron chi connectivity index (χ2n) is 9.81. The fraction of sp³-hybridized carbons (Fsp3) is 0.207. The highest BCUT2D eigenvalue weighted by Gasteiger charge is 2.40. The first-order valence-electron chi connectivity index (χ1n) is 12.8. The zero-order chi connectivity index (χ0) is 28.8. The summed E-state index contributed by atoms with van der Waals surface area (Å²) in [5, 5.41) is 17.0. The minimum absolute atomic E-state index is 0.0968. The summed E-state index contributed by atoms with van der Waals surface area (Å²) < 4.78 is 32.2. The first kappa shape index (κ1) is 26.5. The topological polar surface area (TPSA) is 117 Å². The Morgan fingerprint density at radius 1 is 1.12 bits per heavy atom. The molecule has 1 aliphatic heterocycles. The number of aromatic hydroxyl groups is 1. The summed E-state index contributed by atoms with van der Waals surface area (Å²) >= 11 is 1.10. The number of Topliss-reactive ketones (excluding diaryl/α,β-unsaturated/α-hetero) is 1. The minimum Gasteiger partial charge on any atom is -0.486 e. The number of aromatic nitrogens is 3. The van der Waals surface area contributed by atoms with Crippen molar-refractivity contribution in [2.45, 2.75) is 32.1 Å². The molecule has 2 atom stereocenters. The van der Waals surface area contributed by atoms with Crippen LogP contribution in [-0.2, 0) is 16.1 Å². The molecule has 0 aliphatic carbocycles. The second-order valence-corrected chi connectivity index (χ2v) is 10.8. The molecule has 2 amide bonds. The number of nitrogens with zero attached hydrogens (tertiary/aromatic N) is 4. The number of carbonyl (C=O) groups is 3. The fourth-order valence-corrected chi connectivity index (χ4v) is 5.87. The number of carbonyl (C=O) groups excluding carboxylic acids is 3. The fourth-order valence-electron chi connectivity index (χ4n) is 5.19. The number of thiazole rings is 1. The number of halogens is 2. The number of anilines is 1. The van der Waals surface area contributed by atoms with Crippen molar-refractivity contribution in [3.05, 3.63) is 72.2 Å². The lowest BCUT2D eigenvalue weighted by Crippen LogP contribution is -2.44. The van der Waals surface area contributed by atoms with E-state index in [0.29, 0.717) is 22.0 Å². The third-order valence-electron chi connectivity index (χ3n) is 7.09. The van der Waals surface area contributed by atoms with Crippen LogP contribution in [0.3, 0.4) is 0 Å². The summed E-state index contributed by atoms with van der Waals surface area (Å²) in [5.41, 5.74) is 1.86. The van der Waals surface area contributed by atoms with Gasteiger partial charge in [-0.1, -0.05) is 47.7 Å². The number of rotatable bonds is 6. The lowest BCUT2D eigenvalue weighted by molar-refractivity contribution is -0.137. The van der Waals surface area contributed by atoms with Crippen molar-refractivity contribution in [1.29, 1.82) is 0 Å². The Labute approximate surface area is 236 Å². The van der Waals surface area contributed by atoms with Crippen molar-refractivity contribution in [3.8, 4) is 16.3 Å². The van der Waals surface area contributed by atoms with Crippen molar-refractivity contribution in [2.24, 2.45) is 0 Å². The van der Waals surface area contributed by atoms with E-state index >= 15 is 4.39 Å². The number of hydrogen-bond donors (Lipinski definition) is 2. The summed E-state index contributed by atoms with van der Waals surface area (Å²) in [6.07, 6.45) is -1.67. The number of fused-ring (bicyclic) bond motifs is 2. The van der Waals surface area contributed by atoms with Crippen molar-refractivity contribution in [2.75, 3.05) is 11.9 Å². The number of benzene rings is 3. The summed E-state index contributed by atoms with van der Waals surface area (Å²) in [6, 6.07) is 15.3. The molecule has 0 saturated carbocycles. The van der Waals surface area contributed by atoms with E-state index in [4.69, 9.17) is 0 Å². The zero-order valence-electron chi connectivity index (χ0n) is 21.7. The number of likely N-dealkylation sites (tertiary alicyclic amines) is 1. The third kappa shape index (κ3) is 4.91. The molecule has 5 aromatic rings. The first-order valence-corrected chi connectivity index (χ1v) is 13.6. The molecular formula is C29H23F2N5O4S. The van der Waals surface area contributed by atoms with E-state index in [9.17, 15) is 23.9 Å². The molecule has 2 aromatic heterocycles. The second kappa shape index (κ2) is 10.4. The monoisotopic (exact) mass is 575 g/mol. The maximum Gasteiger partial charge on any atom is 0.271 e. The van der Waals surface area contributed by atoms with Crippen molar-refractivity contribution < 1.29 is 28.3 Å². The maximum atomic E-state index is 15.6. The van der Waals surface area contributed by atoms with E-state index in [0.717, 1.165) is 20.9 Å². The van der Waals surface area contributed by atoms with Gasteiger partial charge in [0.25, 0.3) is 5.19 Å². The Morgan fingerprint density at radius 2 is 1.93 bits per heavy atom. The van der Waals surface area contributed by atoms with Gasteiger partial charge in [0, 0.05) is 24.3 Å². The highest BCUT2D eigenvalue weighted by Crippen LogP contribution is 2.34. The molecule has 3 heterocycles. The van der Waals surface area contributed by atoms with Crippen molar-refractivity contribution in [3.63, 3.8) is 0 Å². The van der Waals surface area contributed by atoms with Crippen LogP contribution < -0.4 is 5.32 Å². The first-order chi connectivity index (χ1) is 19.7. The van der Waals surface area contributed by atoms with Gasteiger partial charge in [-0.05, 0) is 29.8 Å². The molecular weight excluding hydrogens is 552 g/mol. The van der Waals surface area contributed by atoms with Crippen molar-refractivity contribution >= 4 is 55.7 Å². The molecule has 9 nitrogen and oxygen atoms in total. The Balaban J connectivity index is 1.23. The SMILES string of the molecule is CC(=O)c1nn(CC(=O)N2C[C@H](F)C[C@H]2C(=O)Nc2cccc(-c3ccc4sc(O)nc4c3)c2F)c2ccccc12. The van der Waals surface area contributed by atoms with E-state index < -0.39 is 29.8 Å². The molecule has 0 unspecified atom stereocenters. The van der Waals surface area contributed by atoms with Gasteiger partial charge in [-0.25, -0.2) is 13.8 Å². The van der Waals surface area contributed by atoms with Gasteiger partial charge in [0.15, 0.2) is 11.6 Å². The third-order valence-corrected chi connectivity index (χ3v) is 7.93. The Hall–Kier alpha value is -4.71. The largest absolute Gasteiger partial charge is 0.486 e. The van der Waals surface area contributed by atoms with E-state index in [1.165, 1.54) is 17.7 Å². The minimum atomic E-state index is -1.44. The summed E-state index contributed by atoms with van der Waals surface area (Å²) in [4.78, 5) is 43.8. The van der Waals surface area contributed by atoms with Crippen LogP contribution in [0.5, 0.6) is 5.19 Å². The molecule has 1 fully saturated rings. The van der Waals surface area contributed by atoms with Gasteiger partial charge in [-0.15, -0.1) is 0 Å². The number of alkyl halides is 1. The molecule has 2 N–H and O–H groups in total. The number of hydrogen-bond acceptors (Lipinski definition) is 7. The molecule has 12 heteroatoms. The number of nitrogens with one attached hydrogen (secondary N) is 1. The van der Waals surface area contributed by atoms with Gasteiger partial charge >= 0.3 is 0 Å². The molecule has 208 valence electrons. The summed E-state index contributed by atoms with van der Waals surface area (Å²) in [7, 11) is 0. The predicted molar refractivity (Wildman–Crippen MR) is 150 cm³/mol. The standard InChI is InChI=1S/C29H23F2N5O4S/c1-15(37)27-19-5-2-3-8-22(19)36(34-27)14-25(38)35-13-17(30)12-23(35)28(39)32-20-7-4-6-18(26(20)31)16-9-10-24-21(11-16)33-29(40)41-24/h2-11,17,23H,12-14H2,1H3,(H,32,39)(H,33,40)/t17-,23+/m1/s1. The quantitative estimate of drug-likeness (QED) is 0.277. The maximum absolute atomic E-state index is 15.6. The molecule has 41 heavy (non-hydrogen) atoms. The lowest BCUT2D eigenvalue weighted by atomic mass is 10.0. The Kier molecular flexibility index (Phi) is 6.70. The number of ketones is 1. The number of amides is 2. The molecule has 6 rings (SSSR count). The highest BCUT2D eigenvalue weighted by molar-refractivity contribution is 7.20. The molecule has 0 bridgehead atoms. The van der Waals surface area contributed by atoms with E-state index in [1.807, 2.05) is 0 Å². The molecule has 0 spiro atoms. The smallest absolute Gasteiger partial charge is 0.271 e. The van der Waals surface area contributed by atoms with Gasteiger partial charge < -0.3 is 15.3 Å². The van der Waals surface area contributed by atoms with Gasteiger partial charge in [0.05, 0.1) is 28.0 Å². The van der Waals surface area contributed by atoms with E-state index in [2.05, 4.69) is 15.4 Å². The Bertz CT molecular complexity index is 1850. The van der Waals surface area contributed by atoms with Crippen LogP contribution >= 0.6 is 11.3 Å². The van der Waals surface area contributed by atoms with Crippen molar-refractivity contribution in [1.82, 2.24) is 19.7 Å². The zero-order valence-corrected chi connectivity index (χ0v) is 22.5. The molecule has 1 saturated heterocycles. The van der Waals surface area contributed by atoms with Gasteiger partial charge in [-0.3, -0.25) is 19.1 Å². The molecule has 3 aromatic carbocycles. The normalized spacial score (nSPS) is 16.9. The lowest BCUT2D eigenvalue weighted by Gasteiger charge is -2.24. The van der Waals surface area contributed by atoms with Gasteiger partial charge in [0.2, 0.25) is 11.8 Å². The average molecular weight is 576 g/mol. The summed E-state index contributed by atoms with van der Waals surface area (Å²) in [6.45, 7) is 0.785. The van der Waals surface area contributed by atoms with Crippen LogP contribution in [0.1, 0.15) is 23.8 Å². The van der Waals surface area contributed by atoms with Crippen LogP contribution in [0, 0.1) is 5.82 Å². The van der Waals surface area contributed by atoms with Crippen LogP contribution in [0.25, 0.3) is 32.2 Å². The van der Waals surface area contributed by atoms with Crippen LogP contribution in [-0.4, -0.2) is 61.1 Å². The molecule has 0 radical (unpaired) electrons. The van der Waals surface area contributed by atoms with E-state index in [1.54, 1.807) is 54.6 Å². The van der Waals surface area contributed by atoms with Crippen LogP contribution in [0.15, 0.2) is 60.7 Å². The predicted octanol–water partition coefficient (Wildman–Crippen LogP) is 4.94. The van der Waals surface area contributed by atoms with Gasteiger partial charge in [0.1, 0.15) is 24.5 Å². The van der Waals surface area contributed by atoms with Crippen LogP contribution in [0.4, 0.5) is 14.5 Å². The summed E-state index contributed by atoms with van der Waals surface area (Å²) in [5.74, 6) is -2.23. The molecule has 1 aliphatic rings. The van der Waals surface area contributed by atoms with Gasteiger partial charge in [-0.2, -0.15) is 5.10 Å². The van der Waals surface area contributed by atoms with Crippen LogP contribution in [0.2, 0.25) is 0 Å². The highest BCUT2D eigenvalue weighted by atomic mass is 32.1. The Morgan fingerprint density at radius 3 is 2.73 bits per heavy atom.